The first-order valence-electron chi connectivity index (χ1n) is 8.33. The lowest BCUT2D eigenvalue weighted by Gasteiger charge is -2.31. The summed E-state index contributed by atoms with van der Waals surface area (Å²) in [6, 6.07) is 10.9. The zero-order valence-corrected chi connectivity index (χ0v) is 13.2. The summed E-state index contributed by atoms with van der Waals surface area (Å²) >= 11 is 0. The van der Waals surface area contributed by atoms with E-state index in [0.29, 0.717) is 12.6 Å². The van der Waals surface area contributed by atoms with E-state index in [1.54, 1.807) is 0 Å². The topological polar surface area (TPSA) is 38.8 Å². The van der Waals surface area contributed by atoms with Crippen molar-refractivity contribution >= 4 is 5.97 Å². The van der Waals surface area contributed by atoms with Crippen molar-refractivity contribution in [1.82, 2.24) is 4.90 Å². The number of rotatable bonds is 4. The summed E-state index contributed by atoms with van der Waals surface area (Å²) in [5, 5.41) is 0. The predicted octanol–water partition coefficient (Wildman–Crippen LogP) is 2.44. The molecule has 1 aromatic rings. The average Bonchev–Trinajstić information content (AvgIpc) is 3.02. The van der Waals surface area contributed by atoms with Crippen LogP contribution in [0.1, 0.15) is 31.2 Å². The Morgan fingerprint density at radius 1 is 1.23 bits per heavy atom. The molecule has 1 aromatic carbocycles. The van der Waals surface area contributed by atoms with Gasteiger partial charge in [0.05, 0.1) is 12.5 Å². The van der Waals surface area contributed by atoms with Gasteiger partial charge in [-0.2, -0.15) is 0 Å². The fourth-order valence-corrected chi connectivity index (χ4v) is 3.71. The van der Waals surface area contributed by atoms with Gasteiger partial charge < -0.3 is 9.47 Å². The molecule has 4 nitrogen and oxygen atoms in total. The Kier molecular flexibility index (Phi) is 5.11. The molecule has 120 valence electrons. The Labute approximate surface area is 132 Å². The standard InChI is InChI=1S/C18H25NO3/c1-2-22-18(20)17-13-19(15-8-10-21-11-9-15)12-16(17)14-6-4-3-5-7-14/h3-7,15-17H,2,8-13H2,1H3. The number of hydrogen-bond acceptors (Lipinski definition) is 4. The third kappa shape index (κ3) is 3.33. The van der Waals surface area contributed by atoms with Crippen LogP contribution in [-0.4, -0.2) is 49.8 Å². The van der Waals surface area contributed by atoms with Gasteiger partial charge in [-0.3, -0.25) is 9.69 Å². The lowest BCUT2D eigenvalue weighted by atomic mass is 9.89. The van der Waals surface area contributed by atoms with E-state index in [1.165, 1.54) is 5.56 Å². The number of carbonyl (C=O) groups excluding carboxylic acids is 1. The lowest BCUT2D eigenvalue weighted by molar-refractivity contribution is -0.148. The molecule has 2 atom stereocenters. The molecule has 2 aliphatic heterocycles. The third-order valence-electron chi connectivity index (χ3n) is 4.87. The molecule has 22 heavy (non-hydrogen) atoms. The van der Waals surface area contributed by atoms with Crippen molar-refractivity contribution in [1.29, 1.82) is 0 Å². The highest BCUT2D eigenvalue weighted by Crippen LogP contribution is 2.36. The van der Waals surface area contributed by atoms with Crippen LogP contribution in [0.4, 0.5) is 0 Å². The fourth-order valence-electron chi connectivity index (χ4n) is 3.71. The molecule has 0 radical (unpaired) electrons. The molecule has 0 spiro atoms. The minimum atomic E-state index is -0.0507. The van der Waals surface area contributed by atoms with E-state index in [4.69, 9.17) is 9.47 Å². The van der Waals surface area contributed by atoms with Crippen LogP contribution in [0.25, 0.3) is 0 Å². The zero-order chi connectivity index (χ0) is 15.4. The molecule has 2 fully saturated rings. The van der Waals surface area contributed by atoms with Crippen LogP contribution in [0.3, 0.4) is 0 Å². The van der Waals surface area contributed by atoms with Crippen LogP contribution >= 0.6 is 0 Å². The third-order valence-corrected chi connectivity index (χ3v) is 4.87. The van der Waals surface area contributed by atoms with Crippen molar-refractivity contribution in [2.24, 2.45) is 5.92 Å². The SMILES string of the molecule is CCOC(=O)C1CN(C2CCOCC2)CC1c1ccccc1. The molecule has 0 saturated carbocycles. The Bertz CT molecular complexity index is 484. The van der Waals surface area contributed by atoms with Crippen LogP contribution in [-0.2, 0) is 14.3 Å². The molecule has 2 saturated heterocycles. The molecule has 0 amide bonds. The van der Waals surface area contributed by atoms with Crippen molar-refractivity contribution in [3.8, 4) is 0 Å². The van der Waals surface area contributed by atoms with E-state index in [0.717, 1.165) is 39.1 Å². The maximum absolute atomic E-state index is 12.4. The van der Waals surface area contributed by atoms with Gasteiger partial charge in [0.25, 0.3) is 0 Å². The van der Waals surface area contributed by atoms with Crippen LogP contribution in [0.15, 0.2) is 30.3 Å². The van der Waals surface area contributed by atoms with Gasteiger partial charge in [-0.1, -0.05) is 30.3 Å². The number of nitrogens with zero attached hydrogens (tertiary/aromatic N) is 1. The van der Waals surface area contributed by atoms with E-state index in [1.807, 2.05) is 13.0 Å². The molecular weight excluding hydrogens is 278 g/mol. The van der Waals surface area contributed by atoms with Gasteiger partial charge in [0.2, 0.25) is 0 Å². The second-order valence-corrected chi connectivity index (χ2v) is 6.17. The van der Waals surface area contributed by atoms with Gasteiger partial charge in [-0.05, 0) is 25.3 Å². The van der Waals surface area contributed by atoms with Crippen LogP contribution in [0.5, 0.6) is 0 Å². The van der Waals surface area contributed by atoms with E-state index in [-0.39, 0.29) is 17.8 Å². The van der Waals surface area contributed by atoms with Gasteiger partial charge in [0.15, 0.2) is 0 Å². The van der Waals surface area contributed by atoms with E-state index >= 15 is 0 Å². The number of benzene rings is 1. The molecule has 4 heteroatoms. The first kappa shape index (κ1) is 15.5. The Balaban J connectivity index is 1.77. The zero-order valence-electron chi connectivity index (χ0n) is 13.2. The summed E-state index contributed by atoms with van der Waals surface area (Å²) in [7, 11) is 0. The molecule has 2 heterocycles. The number of carbonyl (C=O) groups is 1. The maximum Gasteiger partial charge on any atom is 0.310 e. The van der Waals surface area contributed by atoms with Crippen LogP contribution < -0.4 is 0 Å². The lowest BCUT2D eigenvalue weighted by Crippen LogP contribution is -2.38. The highest BCUT2D eigenvalue weighted by atomic mass is 16.5. The number of esters is 1. The largest absolute Gasteiger partial charge is 0.466 e. The quantitative estimate of drug-likeness (QED) is 0.801. The second kappa shape index (κ2) is 7.25. The van der Waals surface area contributed by atoms with Crippen LogP contribution in [0.2, 0.25) is 0 Å². The molecular formula is C18H25NO3. The molecule has 2 aliphatic rings. The number of ether oxygens (including phenoxy) is 2. The number of likely N-dealkylation sites (tertiary alicyclic amines) is 1. The summed E-state index contributed by atoms with van der Waals surface area (Å²) in [4.78, 5) is 14.9. The first-order valence-corrected chi connectivity index (χ1v) is 8.33. The van der Waals surface area contributed by atoms with E-state index in [2.05, 4.69) is 29.2 Å². The predicted molar refractivity (Wildman–Crippen MR) is 84.7 cm³/mol. The summed E-state index contributed by atoms with van der Waals surface area (Å²) in [5.74, 6) is 0.138. The highest BCUT2D eigenvalue weighted by Gasteiger charge is 2.41. The van der Waals surface area contributed by atoms with Gasteiger partial charge in [-0.15, -0.1) is 0 Å². The highest BCUT2D eigenvalue weighted by molar-refractivity contribution is 5.74. The van der Waals surface area contributed by atoms with Gasteiger partial charge in [-0.25, -0.2) is 0 Å². The Morgan fingerprint density at radius 3 is 2.64 bits per heavy atom. The number of hydrogen-bond donors (Lipinski definition) is 0. The van der Waals surface area contributed by atoms with Crippen LogP contribution in [0, 0.1) is 5.92 Å². The maximum atomic E-state index is 12.4. The van der Waals surface area contributed by atoms with Crippen molar-refractivity contribution in [2.45, 2.75) is 31.7 Å². The summed E-state index contributed by atoms with van der Waals surface area (Å²) in [6.07, 6.45) is 2.13. The minimum Gasteiger partial charge on any atom is -0.466 e. The summed E-state index contributed by atoms with van der Waals surface area (Å²) in [5.41, 5.74) is 1.25. The molecule has 2 unspecified atom stereocenters. The van der Waals surface area contributed by atoms with Gasteiger partial charge in [0, 0.05) is 38.3 Å². The molecule has 0 bridgehead atoms. The molecule has 0 aromatic heterocycles. The van der Waals surface area contributed by atoms with Gasteiger partial charge in [0.1, 0.15) is 0 Å². The Hall–Kier alpha value is -1.39. The minimum absolute atomic E-state index is 0.0501. The molecule has 0 aliphatic carbocycles. The fraction of sp³-hybridized carbons (Fsp3) is 0.611. The summed E-state index contributed by atoms with van der Waals surface area (Å²) in [6.45, 7) is 5.75. The van der Waals surface area contributed by atoms with Crippen molar-refractivity contribution < 1.29 is 14.3 Å². The van der Waals surface area contributed by atoms with Crippen molar-refractivity contribution in [3.05, 3.63) is 35.9 Å². The molecule has 3 rings (SSSR count). The smallest absolute Gasteiger partial charge is 0.310 e. The van der Waals surface area contributed by atoms with Crippen molar-refractivity contribution in [3.63, 3.8) is 0 Å². The second-order valence-electron chi connectivity index (χ2n) is 6.17. The monoisotopic (exact) mass is 303 g/mol. The van der Waals surface area contributed by atoms with E-state index in [9.17, 15) is 4.79 Å². The van der Waals surface area contributed by atoms with Crippen molar-refractivity contribution in [2.75, 3.05) is 32.9 Å². The van der Waals surface area contributed by atoms with E-state index < -0.39 is 0 Å². The summed E-state index contributed by atoms with van der Waals surface area (Å²) < 4.78 is 10.8. The molecule has 0 N–H and O–H groups in total. The average molecular weight is 303 g/mol. The van der Waals surface area contributed by atoms with Gasteiger partial charge >= 0.3 is 5.97 Å². The Morgan fingerprint density at radius 2 is 1.95 bits per heavy atom. The normalized spacial score (nSPS) is 27.0. The first-order chi connectivity index (χ1) is 10.8.